The monoisotopic (exact) mass is 1120 g/mol. The van der Waals surface area contributed by atoms with Crippen molar-refractivity contribution in [2.24, 2.45) is 35.5 Å². The van der Waals surface area contributed by atoms with Crippen molar-refractivity contribution < 1.29 is 0 Å². The summed E-state index contributed by atoms with van der Waals surface area (Å²) >= 11 is 0. The van der Waals surface area contributed by atoms with E-state index in [1.165, 1.54) is 101 Å². The molecule has 0 nitrogen and oxygen atoms in total. The summed E-state index contributed by atoms with van der Waals surface area (Å²) in [5, 5.41) is 18.9. The molecule has 0 aromatic heterocycles. The van der Waals surface area contributed by atoms with E-state index in [1.54, 1.807) is 0 Å². The van der Waals surface area contributed by atoms with E-state index in [-0.39, 0.29) is 0 Å². The summed E-state index contributed by atoms with van der Waals surface area (Å²) in [7, 11) is -4.10. The van der Waals surface area contributed by atoms with E-state index < -0.39 is 16.1 Å². The maximum Gasteiger partial charge on any atom is 0.139 e. The van der Waals surface area contributed by atoms with Crippen LogP contribution in [0.1, 0.15) is 116 Å². The predicted molar refractivity (Wildman–Crippen MR) is 374 cm³/mol. The highest BCUT2D eigenvalue weighted by molar-refractivity contribution is 6.88. The lowest BCUT2D eigenvalue weighted by Gasteiger charge is -2.31. The molecule has 11 rings (SSSR count). The molecule has 11 aromatic carbocycles. The van der Waals surface area contributed by atoms with E-state index in [4.69, 9.17) is 0 Å². The molecule has 0 amide bonds. The van der Waals surface area contributed by atoms with E-state index in [0.29, 0.717) is 35.5 Å². The van der Waals surface area contributed by atoms with Crippen LogP contribution in [-0.4, -0.2) is 16.1 Å². The van der Waals surface area contributed by atoms with Crippen molar-refractivity contribution in [3.63, 3.8) is 0 Å². The molecule has 0 aliphatic carbocycles. The van der Waals surface area contributed by atoms with Crippen LogP contribution in [0.5, 0.6) is 0 Å². The summed E-state index contributed by atoms with van der Waals surface area (Å²) in [5.41, 5.74) is 14.6. The minimum Gasteiger partial charge on any atom is -0.126 e. The molecule has 11 aromatic rings. The van der Waals surface area contributed by atoms with Crippen LogP contribution >= 0.6 is 0 Å². The number of hydrogen-bond acceptors (Lipinski definition) is 0. The first-order valence-electron chi connectivity index (χ1n) is 31.3. The Morgan fingerprint density at radius 2 is 0.417 bits per heavy atom. The topological polar surface area (TPSA) is 0 Å². The van der Waals surface area contributed by atoms with Crippen molar-refractivity contribution in [1.29, 1.82) is 0 Å². The highest BCUT2D eigenvalue weighted by Crippen LogP contribution is 2.41. The van der Waals surface area contributed by atoms with Crippen LogP contribution in [0.25, 0.3) is 86.2 Å². The Balaban J connectivity index is 1.15. The van der Waals surface area contributed by atoms with Crippen LogP contribution in [0.4, 0.5) is 0 Å². The second kappa shape index (κ2) is 24.4. The lowest BCUT2D eigenvalue weighted by atomic mass is 9.88. The van der Waals surface area contributed by atoms with E-state index in [9.17, 15) is 0 Å². The fourth-order valence-corrected chi connectivity index (χ4v) is 26.4. The largest absolute Gasteiger partial charge is 0.139 e. The molecule has 0 atom stereocenters. The Hall–Kier alpha value is -7.83. The van der Waals surface area contributed by atoms with Crippen molar-refractivity contribution in [2.75, 3.05) is 0 Å². The van der Waals surface area contributed by atoms with Crippen LogP contribution < -0.4 is 0 Å². The molecule has 0 bridgehead atoms. The van der Waals surface area contributed by atoms with Gasteiger partial charge in [-0.3, -0.25) is 0 Å². The highest BCUT2D eigenvalue weighted by Gasteiger charge is 2.35. The average molecular weight is 1120 g/mol. The van der Waals surface area contributed by atoms with Crippen molar-refractivity contribution in [3.05, 3.63) is 203 Å². The van der Waals surface area contributed by atoms with Crippen LogP contribution in [0.2, 0.25) is 36.3 Å². The summed E-state index contributed by atoms with van der Waals surface area (Å²) in [6, 6.07) is 69.9. The number of fused-ring (bicyclic) bond motifs is 8. The summed E-state index contributed by atoms with van der Waals surface area (Å²) in [4.78, 5) is 0. The Labute approximate surface area is 503 Å². The van der Waals surface area contributed by atoms with Crippen molar-refractivity contribution in [2.45, 2.75) is 119 Å². The molecule has 418 valence electrons. The minimum absolute atomic E-state index is 0.589. The fourth-order valence-electron chi connectivity index (χ4n) is 14.6. The first-order chi connectivity index (χ1) is 40.4. The maximum atomic E-state index is 4.24. The van der Waals surface area contributed by atoms with Gasteiger partial charge in [-0.25, -0.2) is 0 Å². The SMILES string of the molecule is CC(C)C[Si](C#Cc1c2cc3ccccc3cc2c(C#Cc2ccccc2C#Cc2c3cc4ccccc4cc3c(C#C[Si](CC(C)C)(CC(C)C)CC(C)C)c3cc4ccccc4cc23)c2cc3ccccc3cc12)(CC(C)C)CC(C)C. The quantitative estimate of drug-likeness (QED) is 0.0650. The fraction of sp³-hybridized carbons (Fsp3) is 0.293. The highest BCUT2D eigenvalue weighted by atomic mass is 28.3. The lowest BCUT2D eigenvalue weighted by molar-refractivity contribution is 0.650. The first-order valence-corrected chi connectivity index (χ1v) is 36.5. The third-order valence-corrected chi connectivity index (χ3v) is 27.9. The van der Waals surface area contributed by atoms with Crippen molar-refractivity contribution >= 4 is 102 Å². The first kappa shape index (κ1) is 58.0. The zero-order valence-corrected chi connectivity index (χ0v) is 53.9. The molecular formula is C82H82Si2. The van der Waals surface area contributed by atoms with E-state index >= 15 is 0 Å². The third-order valence-electron chi connectivity index (χ3n) is 17.0. The van der Waals surface area contributed by atoms with Crippen LogP contribution in [0.3, 0.4) is 0 Å². The summed E-state index contributed by atoms with van der Waals surface area (Å²) in [6.45, 7) is 28.7. The molecule has 0 N–H and O–H groups in total. The van der Waals surface area contributed by atoms with Gasteiger partial charge in [-0.15, -0.1) is 11.1 Å². The lowest BCUT2D eigenvalue weighted by Crippen LogP contribution is -2.37. The summed E-state index contributed by atoms with van der Waals surface area (Å²) in [5.74, 6) is 27.1. The van der Waals surface area contributed by atoms with E-state index in [0.717, 1.165) is 54.9 Å². The zero-order valence-electron chi connectivity index (χ0n) is 51.9. The number of rotatable bonds is 12. The van der Waals surface area contributed by atoms with Gasteiger partial charge in [0.25, 0.3) is 0 Å². The molecule has 0 unspecified atom stereocenters. The van der Waals surface area contributed by atoms with Crippen LogP contribution in [0.15, 0.2) is 170 Å². The molecule has 0 heterocycles. The van der Waals surface area contributed by atoms with Gasteiger partial charge in [-0.2, -0.15) is 0 Å². The van der Waals surface area contributed by atoms with Gasteiger partial charge in [0.15, 0.2) is 0 Å². The minimum atomic E-state index is -2.05. The van der Waals surface area contributed by atoms with E-state index in [1.807, 2.05) is 0 Å². The number of benzene rings is 11. The molecule has 0 spiro atoms. The Kier molecular flexibility index (Phi) is 16.8. The zero-order chi connectivity index (χ0) is 58.9. The summed E-state index contributed by atoms with van der Waals surface area (Å²) in [6.07, 6.45) is 0. The second-order valence-electron chi connectivity index (χ2n) is 27.2. The normalized spacial score (nSPS) is 12.1. The van der Waals surface area contributed by atoms with Gasteiger partial charge in [0, 0.05) is 33.4 Å². The molecule has 84 heavy (non-hydrogen) atoms. The molecule has 0 aliphatic rings. The molecule has 2 heteroatoms. The molecule has 0 radical (unpaired) electrons. The van der Waals surface area contributed by atoms with Crippen LogP contribution in [0, 0.1) is 82.1 Å². The standard InChI is InChI=1S/C82H82Si2/c1-55(2)49-83(50-56(3)4,51-57(5)6)39-37-73-79-45-67-29-19-15-25-63(67)41-75(79)71(76-42-64-26-16-20-30-68(64)46-80(73)76)35-33-61-23-13-14-24-62(61)34-36-72-77-43-65-27-17-21-31-69(65)47-81(77)74(82-48-70-32-22-18-28-66(70)44-78(72)82)38-40-84(52-58(7)8,53-59(9)10)54-60(11)12/h13-32,41-48,55-60H,49-54H2,1-12H3. The predicted octanol–water partition coefficient (Wildman–Crippen LogP) is 22.3. The van der Waals surface area contributed by atoms with Crippen molar-refractivity contribution in [3.8, 4) is 46.6 Å². The van der Waals surface area contributed by atoms with Gasteiger partial charge in [0.05, 0.1) is 0 Å². The van der Waals surface area contributed by atoms with Gasteiger partial charge in [-0.05, 0) is 219 Å². The van der Waals surface area contributed by atoms with E-state index in [2.05, 4.69) is 300 Å². The average Bonchev–Trinajstić information content (AvgIpc) is 1.01. The smallest absolute Gasteiger partial charge is 0.126 e. The van der Waals surface area contributed by atoms with Gasteiger partial charge in [0.2, 0.25) is 0 Å². The van der Waals surface area contributed by atoms with Crippen LogP contribution in [-0.2, 0) is 0 Å². The molecular weight excluding hydrogens is 1040 g/mol. The molecule has 0 saturated carbocycles. The van der Waals surface area contributed by atoms with Gasteiger partial charge < -0.3 is 0 Å². The van der Waals surface area contributed by atoms with Crippen molar-refractivity contribution in [1.82, 2.24) is 0 Å². The molecule has 0 fully saturated rings. The third kappa shape index (κ3) is 12.4. The summed E-state index contributed by atoms with van der Waals surface area (Å²) < 4.78 is 0. The second-order valence-corrected chi connectivity index (χ2v) is 35.2. The Morgan fingerprint density at radius 1 is 0.238 bits per heavy atom. The van der Waals surface area contributed by atoms with Gasteiger partial charge in [-0.1, -0.05) is 228 Å². The number of hydrogen-bond donors (Lipinski definition) is 0. The Bertz CT molecular complexity index is 4070. The maximum absolute atomic E-state index is 4.24. The molecule has 0 aliphatic heterocycles. The van der Waals surface area contributed by atoms with Gasteiger partial charge >= 0.3 is 0 Å². The Morgan fingerprint density at radius 3 is 0.607 bits per heavy atom. The molecule has 0 saturated heterocycles. The van der Waals surface area contributed by atoms with Gasteiger partial charge in [0.1, 0.15) is 16.1 Å².